The van der Waals surface area contributed by atoms with Gasteiger partial charge in [-0.2, -0.15) is 0 Å². The Labute approximate surface area is 161 Å². The number of halogens is 2. The molecule has 1 fully saturated rings. The molecule has 0 radical (unpaired) electrons. The van der Waals surface area contributed by atoms with Gasteiger partial charge in [0, 0.05) is 35.2 Å². The molecule has 1 N–H and O–H groups in total. The van der Waals surface area contributed by atoms with Gasteiger partial charge in [0.15, 0.2) is 0 Å². The smallest absolute Gasteiger partial charge is 0.0406 e. The number of nitrogens with zero attached hydrogens (tertiary/aromatic N) is 1. The zero-order chi connectivity index (χ0) is 17.6. The second-order valence-electron chi connectivity index (χ2n) is 7.01. The summed E-state index contributed by atoms with van der Waals surface area (Å²) in [4.78, 5) is 2.49. The first-order valence-electron chi connectivity index (χ1n) is 9.04. The van der Waals surface area contributed by atoms with Crippen LogP contribution in [0.1, 0.15) is 36.8 Å². The Morgan fingerprint density at radius 3 is 2.08 bits per heavy atom. The molecule has 4 heteroatoms. The van der Waals surface area contributed by atoms with Crippen molar-refractivity contribution in [3.63, 3.8) is 0 Å². The molecule has 2 aromatic rings. The summed E-state index contributed by atoms with van der Waals surface area (Å²) in [6.07, 6.45) is 5.11. The van der Waals surface area contributed by atoms with Crippen molar-refractivity contribution in [2.24, 2.45) is 0 Å². The Hall–Kier alpha value is -1.06. The van der Waals surface area contributed by atoms with E-state index in [1.165, 1.54) is 36.8 Å². The Morgan fingerprint density at radius 2 is 1.44 bits per heavy atom. The molecular formula is C21H26Cl2N2. The Balaban J connectivity index is 1.59. The maximum absolute atomic E-state index is 6.00. The summed E-state index contributed by atoms with van der Waals surface area (Å²) in [6, 6.07) is 17.4. The number of rotatable bonds is 6. The Kier molecular flexibility index (Phi) is 6.77. The van der Waals surface area contributed by atoms with Crippen LogP contribution >= 0.6 is 23.2 Å². The van der Waals surface area contributed by atoms with Crippen LogP contribution < -0.4 is 5.32 Å². The molecule has 1 saturated carbocycles. The minimum absolute atomic E-state index is 0.529. The highest BCUT2D eigenvalue weighted by atomic mass is 35.5. The fraction of sp³-hybridized carbons (Fsp3) is 0.429. The van der Waals surface area contributed by atoms with E-state index in [4.69, 9.17) is 23.2 Å². The van der Waals surface area contributed by atoms with E-state index in [-0.39, 0.29) is 0 Å². The van der Waals surface area contributed by atoms with Crippen LogP contribution in [0.3, 0.4) is 0 Å². The van der Waals surface area contributed by atoms with Gasteiger partial charge in [0.2, 0.25) is 0 Å². The minimum Gasteiger partial charge on any atom is -0.308 e. The van der Waals surface area contributed by atoms with Crippen molar-refractivity contribution in [1.29, 1.82) is 0 Å². The van der Waals surface area contributed by atoms with E-state index in [2.05, 4.69) is 41.5 Å². The normalized spacial score (nSPS) is 20.8. The van der Waals surface area contributed by atoms with Gasteiger partial charge < -0.3 is 5.32 Å². The molecule has 0 bridgehead atoms. The van der Waals surface area contributed by atoms with E-state index < -0.39 is 0 Å². The summed E-state index contributed by atoms with van der Waals surface area (Å²) >= 11 is 12.0. The van der Waals surface area contributed by atoms with Crippen LogP contribution in [-0.4, -0.2) is 24.0 Å². The van der Waals surface area contributed by atoms with Gasteiger partial charge in [0.25, 0.3) is 0 Å². The summed E-state index contributed by atoms with van der Waals surface area (Å²) < 4.78 is 0. The Bertz CT molecular complexity index is 655. The first-order valence-corrected chi connectivity index (χ1v) is 9.80. The van der Waals surface area contributed by atoms with E-state index in [9.17, 15) is 0 Å². The molecule has 0 aliphatic heterocycles. The minimum atomic E-state index is 0.529. The lowest BCUT2D eigenvalue weighted by Gasteiger charge is -2.38. The maximum Gasteiger partial charge on any atom is 0.0406 e. The second kappa shape index (κ2) is 9.05. The van der Waals surface area contributed by atoms with Gasteiger partial charge in [-0.05, 0) is 55.3 Å². The third-order valence-electron chi connectivity index (χ3n) is 5.12. The van der Waals surface area contributed by atoms with Gasteiger partial charge in [-0.3, -0.25) is 4.90 Å². The van der Waals surface area contributed by atoms with Crippen molar-refractivity contribution < 1.29 is 0 Å². The first kappa shape index (κ1) is 18.7. The molecule has 2 atom stereocenters. The molecule has 25 heavy (non-hydrogen) atoms. The number of hydrogen-bond acceptors (Lipinski definition) is 2. The van der Waals surface area contributed by atoms with E-state index >= 15 is 0 Å². The van der Waals surface area contributed by atoms with Gasteiger partial charge in [0.05, 0.1) is 0 Å². The van der Waals surface area contributed by atoms with Crippen molar-refractivity contribution >= 4 is 23.2 Å². The standard InChI is InChI=1S/C21H26Cl2N2/c1-25(15-17-8-12-19(23)13-9-17)21-5-3-2-4-20(21)24-14-16-6-10-18(22)11-7-16/h6-13,20-21,24H,2-5,14-15H2,1H3/t20-,21-/m1/s1. The monoisotopic (exact) mass is 376 g/mol. The maximum atomic E-state index is 6.00. The summed E-state index contributed by atoms with van der Waals surface area (Å²) in [5, 5.41) is 5.37. The first-order chi connectivity index (χ1) is 12.1. The zero-order valence-corrected chi connectivity index (χ0v) is 16.2. The number of nitrogens with one attached hydrogen (secondary N) is 1. The van der Waals surface area contributed by atoms with E-state index in [1.807, 2.05) is 24.3 Å². The highest BCUT2D eigenvalue weighted by Crippen LogP contribution is 2.24. The predicted molar refractivity (Wildman–Crippen MR) is 107 cm³/mol. The van der Waals surface area contributed by atoms with Crippen LogP contribution in [0.4, 0.5) is 0 Å². The molecular weight excluding hydrogens is 351 g/mol. The van der Waals surface area contributed by atoms with Crippen molar-refractivity contribution in [3.05, 3.63) is 69.7 Å². The molecule has 0 saturated heterocycles. The highest BCUT2D eigenvalue weighted by Gasteiger charge is 2.27. The van der Waals surface area contributed by atoms with E-state index in [0.29, 0.717) is 12.1 Å². The molecule has 0 heterocycles. The number of hydrogen-bond donors (Lipinski definition) is 1. The molecule has 1 aliphatic rings. The van der Waals surface area contributed by atoms with E-state index in [0.717, 1.165) is 23.1 Å². The quantitative estimate of drug-likeness (QED) is 0.712. The fourth-order valence-electron chi connectivity index (χ4n) is 3.72. The van der Waals surface area contributed by atoms with Crippen LogP contribution in [0.25, 0.3) is 0 Å². The molecule has 0 amide bonds. The third kappa shape index (κ3) is 5.46. The molecule has 0 unspecified atom stereocenters. The van der Waals surface area contributed by atoms with Crippen LogP contribution in [0.2, 0.25) is 10.0 Å². The topological polar surface area (TPSA) is 15.3 Å². The lowest BCUT2D eigenvalue weighted by atomic mass is 9.89. The van der Waals surface area contributed by atoms with Gasteiger partial charge in [-0.15, -0.1) is 0 Å². The van der Waals surface area contributed by atoms with Gasteiger partial charge >= 0.3 is 0 Å². The summed E-state index contributed by atoms with van der Waals surface area (Å²) in [5.41, 5.74) is 2.60. The van der Waals surface area contributed by atoms with Crippen LogP contribution in [0, 0.1) is 0 Å². The van der Waals surface area contributed by atoms with Gasteiger partial charge in [-0.25, -0.2) is 0 Å². The van der Waals surface area contributed by atoms with E-state index in [1.54, 1.807) is 0 Å². The third-order valence-corrected chi connectivity index (χ3v) is 5.63. The van der Waals surface area contributed by atoms with Crippen molar-refractivity contribution in [1.82, 2.24) is 10.2 Å². The van der Waals surface area contributed by atoms with Crippen LogP contribution in [0.15, 0.2) is 48.5 Å². The number of benzene rings is 2. The predicted octanol–water partition coefficient (Wildman–Crippen LogP) is 5.53. The lowest BCUT2D eigenvalue weighted by molar-refractivity contribution is 0.142. The molecule has 2 nitrogen and oxygen atoms in total. The average molecular weight is 377 g/mol. The highest BCUT2D eigenvalue weighted by molar-refractivity contribution is 6.30. The lowest BCUT2D eigenvalue weighted by Crippen LogP contribution is -2.49. The summed E-state index contributed by atoms with van der Waals surface area (Å²) in [5.74, 6) is 0. The SMILES string of the molecule is CN(Cc1ccc(Cl)cc1)[C@@H]1CCCC[C@H]1NCc1ccc(Cl)cc1. The van der Waals surface area contributed by atoms with Crippen molar-refractivity contribution in [3.8, 4) is 0 Å². The molecule has 134 valence electrons. The van der Waals surface area contributed by atoms with Gasteiger partial charge in [-0.1, -0.05) is 60.3 Å². The average Bonchev–Trinajstić information content (AvgIpc) is 2.63. The van der Waals surface area contributed by atoms with Crippen molar-refractivity contribution in [2.75, 3.05) is 7.05 Å². The van der Waals surface area contributed by atoms with Crippen molar-refractivity contribution in [2.45, 2.75) is 50.9 Å². The van der Waals surface area contributed by atoms with Gasteiger partial charge in [0.1, 0.15) is 0 Å². The number of likely N-dealkylation sites (N-methyl/N-ethyl adjacent to an activating group) is 1. The van der Waals surface area contributed by atoms with Crippen LogP contribution in [-0.2, 0) is 13.1 Å². The molecule has 2 aromatic carbocycles. The molecule has 3 rings (SSSR count). The Morgan fingerprint density at radius 1 is 0.880 bits per heavy atom. The fourth-order valence-corrected chi connectivity index (χ4v) is 3.98. The second-order valence-corrected chi connectivity index (χ2v) is 7.88. The molecule has 0 aromatic heterocycles. The summed E-state index contributed by atoms with van der Waals surface area (Å²) in [7, 11) is 2.24. The molecule has 0 spiro atoms. The molecule has 1 aliphatic carbocycles. The largest absolute Gasteiger partial charge is 0.308 e. The summed E-state index contributed by atoms with van der Waals surface area (Å²) in [6.45, 7) is 1.86. The zero-order valence-electron chi connectivity index (χ0n) is 14.7. The van der Waals surface area contributed by atoms with Crippen LogP contribution in [0.5, 0.6) is 0 Å².